The molecule has 1 aliphatic rings. The molecule has 2 rings (SSSR count). The van der Waals surface area contributed by atoms with Crippen LogP contribution in [0.15, 0.2) is 18.2 Å². The Kier molecular flexibility index (Phi) is 5.26. The van der Waals surface area contributed by atoms with Gasteiger partial charge in [-0.3, -0.25) is 4.90 Å². The molecule has 1 fully saturated rings. The number of nitrogens with zero attached hydrogens (tertiary/aromatic N) is 1. The number of piperidine rings is 1. The van der Waals surface area contributed by atoms with Crippen LogP contribution in [0.2, 0.25) is 0 Å². The van der Waals surface area contributed by atoms with Gasteiger partial charge in [-0.2, -0.15) is 0 Å². The van der Waals surface area contributed by atoms with Crippen LogP contribution in [0.5, 0.6) is 11.5 Å². The van der Waals surface area contributed by atoms with Crippen molar-refractivity contribution in [2.45, 2.75) is 51.7 Å². The van der Waals surface area contributed by atoms with Crippen molar-refractivity contribution < 1.29 is 10.2 Å². The predicted octanol–water partition coefficient (Wildman–Crippen LogP) is 2.45. The van der Waals surface area contributed by atoms with Gasteiger partial charge in [-0.1, -0.05) is 12.5 Å². The average Bonchev–Trinajstić information content (AvgIpc) is 2.43. The second-order valence-electron chi connectivity index (χ2n) is 5.99. The van der Waals surface area contributed by atoms with Gasteiger partial charge in [0.05, 0.1) is 0 Å². The third kappa shape index (κ3) is 4.12. The van der Waals surface area contributed by atoms with E-state index < -0.39 is 0 Å². The molecule has 1 aromatic carbocycles. The Hall–Kier alpha value is -1.26. The fourth-order valence-corrected chi connectivity index (χ4v) is 2.72. The van der Waals surface area contributed by atoms with Crippen molar-refractivity contribution in [3.8, 4) is 11.5 Å². The fraction of sp³-hybridized carbons (Fsp3) is 0.625. The molecule has 112 valence electrons. The molecule has 3 N–H and O–H groups in total. The summed E-state index contributed by atoms with van der Waals surface area (Å²) in [7, 11) is 0. The molecule has 0 aromatic heterocycles. The number of hydrogen-bond donors (Lipinski definition) is 3. The monoisotopic (exact) mass is 278 g/mol. The number of phenolic OH excluding ortho intramolecular Hbond substituents is 2. The van der Waals surface area contributed by atoms with E-state index in [1.807, 2.05) is 6.07 Å². The van der Waals surface area contributed by atoms with Crippen LogP contribution in [0, 0.1) is 0 Å². The standard InChI is InChI=1S/C16H26N2O2/c1-12(2)18(11-14-5-3-4-8-17-14)10-13-6-7-15(19)16(20)9-13/h6-7,9,12,14,17,19-20H,3-5,8,10-11H2,1-2H3. The number of phenols is 2. The molecule has 0 radical (unpaired) electrons. The highest BCUT2D eigenvalue weighted by Crippen LogP contribution is 2.26. The van der Waals surface area contributed by atoms with Crippen molar-refractivity contribution >= 4 is 0 Å². The lowest BCUT2D eigenvalue weighted by atomic mass is 10.0. The van der Waals surface area contributed by atoms with Crippen LogP contribution in [0.3, 0.4) is 0 Å². The van der Waals surface area contributed by atoms with Gasteiger partial charge in [0.2, 0.25) is 0 Å². The van der Waals surface area contributed by atoms with E-state index in [1.165, 1.54) is 19.3 Å². The third-order valence-corrected chi connectivity index (χ3v) is 4.02. The molecular weight excluding hydrogens is 252 g/mol. The van der Waals surface area contributed by atoms with E-state index in [0.717, 1.165) is 25.2 Å². The van der Waals surface area contributed by atoms with Gasteiger partial charge in [0.15, 0.2) is 11.5 Å². The van der Waals surface area contributed by atoms with Crippen molar-refractivity contribution in [3.05, 3.63) is 23.8 Å². The molecule has 0 aliphatic carbocycles. The minimum absolute atomic E-state index is 0.0398. The van der Waals surface area contributed by atoms with E-state index in [4.69, 9.17) is 0 Å². The van der Waals surface area contributed by atoms with E-state index in [9.17, 15) is 10.2 Å². The number of rotatable bonds is 5. The smallest absolute Gasteiger partial charge is 0.157 e. The maximum absolute atomic E-state index is 9.59. The molecular formula is C16H26N2O2. The van der Waals surface area contributed by atoms with E-state index >= 15 is 0 Å². The zero-order valence-corrected chi connectivity index (χ0v) is 12.5. The highest BCUT2D eigenvalue weighted by Gasteiger charge is 2.19. The van der Waals surface area contributed by atoms with E-state index in [1.54, 1.807) is 12.1 Å². The topological polar surface area (TPSA) is 55.7 Å². The van der Waals surface area contributed by atoms with Gasteiger partial charge in [0, 0.05) is 25.2 Å². The van der Waals surface area contributed by atoms with Crippen molar-refractivity contribution in [2.24, 2.45) is 0 Å². The number of nitrogens with one attached hydrogen (secondary N) is 1. The largest absolute Gasteiger partial charge is 0.504 e. The normalized spacial score (nSPS) is 19.7. The lowest BCUT2D eigenvalue weighted by Crippen LogP contribution is -2.45. The van der Waals surface area contributed by atoms with Crippen LogP contribution >= 0.6 is 0 Å². The summed E-state index contributed by atoms with van der Waals surface area (Å²) in [6.07, 6.45) is 3.83. The quantitative estimate of drug-likeness (QED) is 0.724. The maximum Gasteiger partial charge on any atom is 0.157 e. The lowest BCUT2D eigenvalue weighted by Gasteiger charge is -2.33. The predicted molar refractivity (Wildman–Crippen MR) is 81.0 cm³/mol. The Morgan fingerprint density at radius 2 is 2.05 bits per heavy atom. The van der Waals surface area contributed by atoms with Gasteiger partial charge in [-0.05, 0) is 50.9 Å². The molecule has 1 aliphatic heterocycles. The maximum atomic E-state index is 9.59. The molecule has 1 aromatic rings. The van der Waals surface area contributed by atoms with Gasteiger partial charge in [0.1, 0.15) is 0 Å². The second-order valence-corrected chi connectivity index (χ2v) is 5.99. The van der Waals surface area contributed by atoms with Crippen LogP contribution in [-0.4, -0.2) is 40.3 Å². The number of hydrogen-bond acceptors (Lipinski definition) is 4. The highest BCUT2D eigenvalue weighted by molar-refractivity contribution is 5.40. The highest BCUT2D eigenvalue weighted by atomic mass is 16.3. The first kappa shape index (κ1) is 15.1. The summed E-state index contributed by atoms with van der Waals surface area (Å²) in [5.74, 6) is -0.0965. The van der Waals surface area contributed by atoms with Gasteiger partial charge in [-0.15, -0.1) is 0 Å². The lowest BCUT2D eigenvalue weighted by molar-refractivity contribution is 0.177. The summed E-state index contributed by atoms with van der Waals surface area (Å²) in [6.45, 7) is 7.34. The van der Waals surface area contributed by atoms with Crippen LogP contribution < -0.4 is 5.32 Å². The molecule has 1 atom stereocenters. The summed E-state index contributed by atoms with van der Waals surface area (Å²) in [5, 5.41) is 22.5. The van der Waals surface area contributed by atoms with E-state index in [-0.39, 0.29) is 11.5 Å². The number of aromatic hydroxyl groups is 2. The third-order valence-electron chi connectivity index (χ3n) is 4.02. The van der Waals surface area contributed by atoms with E-state index in [2.05, 4.69) is 24.1 Å². The summed E-state index contributed by atoms with van der Waals surface area (Å²) >= 11 is 0. The Balaban J connectivity index is 1.99. The Morgan fingerprint density at radius 1 is 1.25 bits per heavy atom. The minimum Gasteiger partial charge on any atom is -0.504 e. The SMILES string of the molecule is CC(C)N(Cc1ccc(O)c(O)c1)CC1CCCCN1. The van der Waals surface area contributed by atoms with Crippen molar-refractivity contribution in [2.75, 3.05) is 13.1 Å². The fourth-order valence-electron chi connectivity index (χ4n) is 2.72. The van der Waals surface area contributed by atoms with Gasteiger partial charge in [0.25, 0.3) is 0 Å². The minimum atomic E-state index is -0.0567. The summed E-state index contributed by atoms with van der Waals surface area (Å²) in [4.78, 5) is 2.41. The van der Waals surface area contributed by atoms with Crippen molar-refractivity contribution in [1.29, 1.82) is 0 Å². The summed E-state index contributed by atoms with van der Waals surface area (Å²) < 4.78 is 0. The number of benzene rings is 1. The molecule has 0 amide bonds. The first-order valence-electron chi connectivity index (χ1n) is 7.54. The molecule has 1 saturated heterocycles. The Bertz CT molecular complexity index is 428. The zero-order valence-electron chi connectivity index (χ0n) is 12.5. The molecule has 20 heavy (non-hydrogen) atoms. The van der Waals surface area contributed by atoms with Crippen LogP contribution in [0.25, 0.3) is 0 Å². The molecule has 0 saturated carbocycles. The Morgan fingerprint density at radius 3 is 2.65 bits per heavy atom. The van der Waals surface area contributed by atoms with Gasteiger partial charge < -0.3 is 15.5 Å². The molecule has 1 heterocycles. The van der Waals surface area contributed by atoms with Gasteiger partial charge >= 0.3 is 0 Å². The molecule has 1 unspecified atom stereocenters. The van der Waals surface area contributed by atoms with Crippen LogP contribution in [0.1, 0.15) is 38.7 Å². The molecule has 4 nitrogen and oxygen atoms in total. The van der Waals surface area contributed by atoms with E-state index in [0.29, 0.717) is 12.1 Å². The molecule has 0 bridgehead atoms. The molecule has 0 spiro atoms. The molecule has 4 heteroatoms. The van der Waals surface area contributed by atoms with Crippen molar-refractivity contribution in [3.63, 3.8) is 0 Å². The van der Waals surface area contributed by atoms with Crippen LogP contribution in [0.4, 0.5) is 0 Å². The van der Waals surface area contributed by atoms with Crippen LogP contribution in [-0.2, 0) is 6.54 Å². The Labute approximate surface area is 121 Å². The zero-order chi connectivity index (χ0) is 14.5. The average molecular weight is 278 g/mol. The second kappa shape index (κ2) is 6.95. The first-order chi connectivity index (χ1) is 9.56. The van der Waals surface area contributed by atoms with Crippen molar-refractivity contribution in [1.82, 2.24) is 10.2 Å². The first-order valence-corrected chi connectivity index (χ1v) is 7.54. The summed E-state index contributed by atoms with van der Waals surface area (Å²) in [5.41, 5.74) is 1.03. The summed E-state index contributed by atoms with van der Waals surface area (Å²) in [6, 6.07) is 6.10. The van der Waals surface area contributed by atoms with Gasteiger partial charge in [-0.25, -0.2) is 0 Å².